The predicted molar refractivity (Wildman–Crippen MR) is 75.7 cm³/mol. The Morgan fingerprint density at radius 2 is 1.94 bits per heavy atom. The van der Waals surface area contributed by atoms with E-state index in [1.165, 1.54) is 5.01 Å². The highest BCUT2D eigenvalue weighted by molar-refractivity contribution is 9.10. The van der Waals surface area contributed by atoms with Gasteiger partial charge in [0.2, 0.25) is 0 Å². The first kappa shape index (κ1) is 15.6. The Balaban J connectivity index is 3.30. The van der Waals surface area contributed by atoms with Crippen LogP contribution in [-0.4, -0.2) is 34.6 Å². The highest BCUT2D eigenvalue weighted by Crippen LogP contribution is 2.27. The van der Waals surface area contributed by atoms with Gasteiger partial charge in [0.15, 0.2) is 0 Å². The molecule has 0 radical (unpaired) electrons. The largest absolute Gasteiger partial charge is 0.316 e. The van der Waals surface area contributed by atoms with Gasteiger partial charge >= 0.3 is 0 Å². The highest BCUT2D eigenvalue weighted by Gasteiger charge is 2.20. The topological polar surface area (TPSA) is 61.4 Å². The number of hydrazine groups is 1. The molecule has 18 heavy (non-hydrogen) atoms. The van der Waals surface area contributed by atoms with Crippen molar-refractivity contribution in [3.8, 4) is 0 Å². The summed E-state index contributed by atoms with van der Waals surface area (Å²) in [6.07, 6.45) is 0. The monoisotopic (exact) mass is 335 g/mol. The fourth-order valence-corrected chi connectivity index (χ4v) is 3.75. The van der Waals surface area contributed by atoms with Gasteiger partial charge < -0.3 is 5.32 Å². The highest BCUT2D eigenvalue weighted by atomic mass is 79.9. The summed E-state index contributed by atoms with van der Waals surface area (Å²) in [6.45, 7) is 2.50. The van der Waals surface area contributed by atoms with Crippen molar-refractivity contribution < 1.29 is 8.42 Å². The minimum absolute atomic E-state index is 0.251. The van der Waals surface area contributed by atoms with Crippen LogP contribution in [0.4, 0.5) is 0 Å². The number of hydrogen-bond donors (Lipinski definition) is 2. The molecule has 7 heteroatoms. The number of aryl methyl sites for hydroxylation is 1. The SMILES string of the molecule is CNCc1cc(C)c(Br)c(S(=O)(=O)NN(C)C)c1. The van der Waals surface area contributed by atoms with Crippen LogP contribution in [0.25, 0.3) is 0 Å². The van der Waals surface area contributed by atoms with E-state index in [4.69, 9.17) is 0 Å². The molecule has 2 N–H and O–H groups in total. The second-order valence-corrected chi connectivity index (χ2v) is 6.67. The molecular weight excluding hydrogens is 318 g/mol. The number of hydrogen-bond acceptors (Lipinski definition) is 4. The average Bonchev–Trinajstić information content (AvgIpc) is 2.21. The van der Waals surface area contributed by atoms with Crippen molar-refractivity contribution in [1.29, 1.82) is 0 Å². The van der Waals surface area contributed by atoms with E-state index in [0.717, 1.165) is 11.1 Å². The van der Waals surface area contributed by atoms with Crippen LogP contribution in [0.2, 0.25) is 0 Å². The Bertz CT molecular complexity index is 529. The van der Waals surface area contributed by atoms with Gasteiger partial charge in [0.1, 0.15) is 0 Å². The van der Waals surface area contributed by atoms with Crippen molar-refractivity contribution in [1.82, 2.24) is 15.2 Å². The first-order valence-corrected chi connectivity index (χ1v) is 7.69. The molecule has 0 aromatic heterocycles. The molecule has 0 heterocycles. The lowest BCUT2D eigenvalue weighted by atomic mass is 10.1. The van der Waals surface area contributed by atoms with E-state index >= 15 is 0 Å². The van der Waals surface area contributed by atoms with Crippen LogP contribution in [0.3, 0.4) is 0 Å². The fourth-order valence-electron chi connectivity index (χ4n) is 1.60. The maximum Gasteiger partial charge on any atom is 0.254 e. The van der Waals surface area contributed by atoms with Crippen molar-refractivity contribution in [3.63, 3.8) is 0 Å². The molecular formula is C11H18BrN3O2S. The lowest BCUT2D eigenvalue weighted by molar-refractivity contribution is 0.364. The number of nitrogens with one attached hydrogen (secondary N) is 2. The summed E-state index contributed by atoms with van der Waals surface area (Å²) in [6, 6.07) is 3.62. The standard InChI is InChI=1S/C11H18BrN3O2S/c1-8-5-9(7-13-2)6-10(11(8)12)18(16,17)14-15(3)4/h5-6,13-14H,7H2,1-4H3. The lowest BCUT2D eigenvalue weighted by Gasteiger charge is -2.15. The Morgan fingerprint density at radius 3 is 2.44 bits per heavy atom. The lowest BCUT2D eigenvalue weighted by Crippen LogP contribution is -2.36. The molecule has 0 saturated carbocycles. The van der Waals surface area contributed by atoms with Gasteiger partial charge in [-0.2, -0.15) is 0 Å². The van der Waals surface area contributed by atoms with Crippen LogP contribution in [0.5, 0.6) is 0 Å². The van der Waals surface area contributed by atoms with E-state index in [1.807, 2.05) is 20.0 Å². The maximum absolute atomic E-state index is 12.2. The van der Waals surface area contributed by atoms with Crippen LogP contribution < -0.4 is 10.1 Å². The number of benzene rings is 1. The molecule has 0 atom stereocenters. The van der Waals surface area contributed by atoms with Gasteiger partial charge in [-0.05, 0) is 47.1 Å². The quantitative estimate of drug-likeness (QED) is 0.794. The van der Waals surface area contributed by atoms with Crippen molar-refractivity contribution >= 4 is 26.0 Å². The van der Waals surface area contributed by atoms with Gasteiger partial charge in [-0.25, -0.2) is 13.4 Å². The first-order valence-electron chi connectivity index (χ1n) is 5.41. The van der Waals surface area contributed by atoms with Crippen LogP contribution in [-0.2, 0) is 16.6 Å². The maximum atomic E-state index is 12.2. The van der Waals surface area contributed by atoms with Crippen molar-refractivity contribution in [3.05, 3.63) is 27.7 Å². The number of sulfonamides is 1. The second-order valence-electron chi connectivity index (χ2n) is 4.24. The summed E-state index contributed by atoms with van der Waals surface area (Å²) in [5, 5.41) is 4.41. The first-order chi connectivity index (χ1) is 8.27. The molecule has 0 unspecified atom stereocenters. The smallest absolute Gasteiger partial charge is 0.254 e. The molecule has 0 aliphatic heterocycles. The van der Waals surface area contributed by atoms with Gasteiger partial charge in [-0.1, -0.05) is 6.07 Å². The summed E-state index contributed by atoms with van der Waals surface area (Å²) in [7, 11) is 1.54. The molecule has 0 bridgehead atoms. The third kappa shape index (κ3) is 3.76. The molecule has 1 rings (SSSR count). The van der Waals surface area contributed by atoms with Crippen molar-refractivity contribution in [2.45, 2.75) is 18.4 Å². The minimum atomic E-state index is -3.55. The number of rotatable bonds is 5. The van der Waals surface area contributed by atoms with E-state index in [-0.39, 0.29) is 4.90 Å². The van der Waals surface area contributed by atoms with Gasteiger partial charge in [0.25, 0.3) is 10.0 Å². The van der Waals surface area contributed by atoms with E-state index in [9.17, 15) is 8.42 Å². The summed E-state index contributed by atoms with van der Waals surface area (Å²) in [5.74, 6) is 0. The molecule has 0 fully saturated rings. The normalized spacial score (nSPS) is 12.1. The zero-order chi connectivity index (χ0) is 13.9. The fraction of sp³-hybridized carbons (Fsp3) is 0.455. The van der Waals surface area contributed by atoms with Crippen LogP contribution in [0.15, 0.2) is 21.5 Å². The third-order valence-electron chi connectivity index (χ3n) is 2.25. The summed E-state index contributed by atoms with van der Waals surface area (Å²) in [4.78, 5) is 2.68. The molecule has 1 aromatic rings. The average molecular weight is 336 g/mol. The zero-order valence-electron chi connectivity index (χ0n) is 10.9. The Kier molecular flexibility index (Phi) is 5.30. The Labute approximate surface area is 117 Å². The molecule has 0 aliphatic rings. The van der Waals surface area contributed by atoms with Gasteiger partial charge in [-0.3, -0.25) is 0 Å². The van der Waals surface area contributed by atoms with E-state index in [1.54, 1.807) is 20.2 Å². The Hall–Kier alpha value is -0.470. The van der Waals surface area contributed by atoms with Crippen LogP contribution in [0.1, 0.15) is 11.1 Å². The van der Waals surface area contributed by atoms with Crippen molar-refractivity contribution in [2.24, 2.45) is 0 Å². The van der Waals surface area contributed by atoms with Gasteiger partial charge in [0, 0.05) is 25.1 Å². The van der Waals surface area contributed by atoms with Crippen molar-refractivity contribution in [2.75, 3.05) is 21.1 Å². The molecule has 0 amide bonds. The third-order valence-corrected chi connectivity index (χ3v) is 5.08. The van der Waals surface area contributed by atoms with Crippen LogP contribution >= 0.6 is 15.9 Å². The summed E-state index contributed by atoms with van der Waals surface area (Å²) >= 11 is 3.33. The van der Waals surface area contributed by atoms with E-state index in [2.05, 4.69) is 26.1 Å². The molecule has 0 saturated heterocycles. The number of nitrogens with zero attached hydrogens (tertiary/aromatic N) is 1. The Morgan fingerprint density at radius 1 is 1.33 bits per heavy atom. The van der Waals surface area contributed by atoms with Gasteiger partial charge in [0.05, 0.1) is 4.90 Å². The van der Waals surface area contributed by atoms with E-state index < -0.39 is 10.0 Å². The molecule has 0 aliphatic carbocycles. The summed E-state index contributed by atoms with van der Waals surface area (Å²) in [5.41, 5.74) is 1.82. The van der Waals surface area contributed by atoms with E-state index in [0.29, 0.717) is 11.0 Å². The molecule has 102 valence electrons. The number of halogens is 1. The molecule has 1 aromatic carbocycles. The van der Waals surface area contributed by atoms with Crippen LogP contribution in [0, 0.1) is 6.92 Å². The zero-order valence-corrected chi connectivity index (χ0v) is 13.3. The second kappa shape index (κ2) is 6.12. The molecule has 0 spiro atoms. The summed E-state index contributed by atoms with van der Waals surface area (Å²) < 4.78 is 24.9. The molecule has 5 nitrogen and oxygen atoms in total. The minimum Gasteiger partial charge on any atom is -0.316 e. The van der Waals surface area contributed by atoms with Gasteiger partial charge in [-0.15, -0.1) is 4.83 Å². The predicted octanol–water partition coefficient (Wildman–Crippen LogP) is 1.23.